The lowest BCUT2D eigenvalue weighted by atomic mass is 10.0. The third-order valence-corrected chi connectivity index (χ3v) is 2.97. The van der Waals surface area contributed by atoms with Crippen molar-refractivity contribution < 1.29 is 4.79 Å². The summed E-state index contributed by atoms with van der Waals surface area (Å²) in [6.45, 7) is 1.93. The van der Waals surface area contributed by atoms with Crippen LogP contribution in [0.2, 0.25) is 0 Å². The van der Waals surface area contributed by atoms with Gasteiger partial charge in [-0.1, -0.05) is 27.2 Å². The molecule has 0 aliphatic heterocycles. The normalized spacial score (nSPS) is 10.5. The number of rotatable bonds is 3. The Morgan fingerprint density at radius 3 is 2.82 bits per heavy atom. The summed E-state index contributed by atoms with van der Waals surface area (Å²) in [5.41, 5.74) is 2.40. The van der Waals surface area contributed by atoms with Gasteiger partial charge in [-0.15, -0.1) is 5.10 Å². The monoisotopic (exact) mass is 293 g/mol. The Kier molecular flexibility index (Phi) is 3.38. The van der Waals surface area contributed by atoms with E-state index in [1.54, 1.807) is 17.9 Å². The fourth-order valence-electron chi connectivity index (χ4n) is 1.68. The molecule has 0 aliphatic carbocycles. The van der Waals surface area contributed by atoms with Crippen LogP contribution in [0.15, 0.2) is 28.9 Å². The van der Waals surface area contributed by atoms with Crippen molar-refractivity contribution in [2.45, 2.75) is 13.3 Å². The number of hydrogen-bond donors (Lipinski definition) is 0. The maximum Gasteiger partial charge on any atom is 0.169 e. The van der Waals surface area contributed by atoms with Crippen molar-refractivity contribution in [1.29, 1.82) is 0 Å². The van der Waals surface area contributed by atoms with Crippen LogP contribution in [0, 0.1) is 6.92 Å². The predicted octanol–water partition coefficient (Wildman–Crippen LogP) is 2.31. The van der Waals surface area contributed by atoms with Crippen LogP contribution >= 0.6 is 15.9 Å². The molecular weight excluding hydrogens is 282 g/mol. The van der Waals surface area contributed by atoms with Crippen LogP contribution in [-0.4, -0.2) is 20.8 Å². The summed E-state index contributed by atoms with van der Waals surface area (Å²) >= 11 is 3.38. The van der Waals surface area contributed by atoms with Crippen LogP contribution in [-0.2, 0) is 13.5 Å². The molecule has 0 spiro atoms. The first-order valence-corrected chi connectivity index (χ1v) is 6.00. The van der Waals surface area contributed by atoms with Gasteiger partial charge < -0.3 is 0 Å². The second-order valence-corrected chi connectivity index (χ2v) is 4.86. The van der Waals surface area contributed by atoms with Crippen LogP contribution in [0.1, 0.15) is 21.6 Å². The summed E-state index contributed by atoms with van der Waals surface area (Å²) in [6.07, 6.45) is 2.04. The van der Waals surface area contributed by atoms with Gasteiger partial charge in [-0.2, -0.15) is 0 Å². The van der Waals surface area contributed by atoms with Gasteiger partial charge >= 0.3 is 0 Å². The Balaban J connectivity index is 2.20. The standard InChI is InChI=1S/C12H12BrN3O/c1-8-5-9(13)3-4-11(8)12(17)6-10-7-16(2)15-14-10/h3-5,7H,6H2,1-2H3. The van der Waals surface area contributed by atoms with Crippen molar-refractivity contribution in [3.05, 3.63) is 45.7 Å². The van der Waals surface area contributed by atoms with Gasteiger partial charge in [0.05, 0.1) is 12.1 Å². The number of benzene rings is 1. The Bertz CT molecular complexity index is 563. The first kappa shape index (κ1) is 12.0. The van der Waals surface area contributed by atoms with E-state index in [2.05, 4.69) is 26.2 Å². The molecule has 17 heavy (non-hydrogen) atoms. The fraction of sp³-hybridized carbons (Fsp3) is 0.250. The molecule has 0 saturated carbocycles. The molecule has 0 unspecified atom stereocenters. The predicted molar refractivity (Wildman–Crippen MR) is 67.9 cm³/mol. The third kappa shape index (κ3) is 2.79. The van der Waals surface area contributed by atoms with Crippen LogP contribution < -0.4 is 0 Å². The van der Waals surface area contributed by atoms with E-state index in [0.29, 0.717) is 5.69 Å². The smallest absolute Gasteiger partial charge is 0.169 e. The van der Waals surface area contributed by atoms with E-state index < -0.39 is 0 Å². The number of nitrogens with zero attached hydrogens (tertiary/aromatic N) is 3. The average Bonchev–Trinajstić information content (AvgIpc) is 2.63. The lowest BCUT2D eigenvalue weighted by Gasteiger charge is -2.03. The molecule has 0 saturated heterocycles. The quantitative estimate of drug-likeness (QED) is 0.816. The van der Waals surface area contributed by atoms with Gasteiger partial charge in [0, 0.05) is 23.3 Å². The molecule has 0 radical (unpaired) electrons. The van der Waals surface area contributed by atoms with Crippen LogP contribution in [0.25, 0.3) is 0 Å². The van der Waals surface area contributed by atoms with E-state index in [-0.39, 0.29) is 12.2 Å². The van der Waals surface area contributed by atoms with E-state index in [4.69, 9.17) is 0 Å². The summed E-state index contributed by atoms with van der Waals surface area (Å²) in [4.78, 5) is 12.1. The molecule has 4 nitrogen and oxygen atoms in total. The molecular formula is C12H12BrN3O. The summed E-state index contributed by atoms with van der Waals surface area (Å²) in [6, 6.07) is 5.64. The average molecular weight is 294 g/mol. The molecule has 0 N–H and O–H groups in total. The SMILES string of the molecule is Cc1cc(Br)ccc1C(=O)Cc1cn(C)nn1. The van der Waals surface area contributed by atoms with Crippen molar-refractivity contribution in [2.24, 2.45) is 7.05 Å². The lowest BCUT2D eigenvalue weighted by Crippen LogP contribution is -2.06. The minimum Gasteiger partial charge on any atom is -0.294 e. The van der Waals surface area contributed by atoms with Gasteiger partial charge in [-0.05, 0) is 24.6 Å². The maximum atomic E-state index is 12.1. The molecule has 2 rings (SSSR count). The number of ketones is 1. The highest BCUT2D eigenvalue weighted by Gasteiger charge is 2.12. The number of carbonyl (C=O) groups excluding carboxylic acids is 1. The Labute approximate surface area is 108 Å². The summed E-state index contributed by atoms with van der Waals surface area (Å²) in [7, 11) is 1.78. The van der Waals surface area contributed by atoms with Crippen molar-refractivity contribution in [1.82, 2.24) is 15.0 Å². The molecule has 0 aliphatic rings. The number of aryl methyl sites for hydroxylation is 2. The molecule has 2 aromatic rings. The molecule has 5 heteroatoms. The van der Waals surface area contributed by atoms with E-state index >= 15 is 0 Å². The molecule has 1 heterocycles. The van der Waals surface area contributed by atoms with Gasteiger partial charge in [0.25, 0.3) is 0 Å². The number of aromatic nitrogens is 3. The zero-order valence-corrected chi connectivity index (χ0v) is 11.2. The molecule has 1 aromatic carbocycles. The molecule has 0 atom stereocenters. The van der Waals surface area contributed by atoms with Gasteiger partial charge in [-0.25, -0.2) is 0 Å². The largest absolute Gasteiger partial charge is 0.294 e. The Morgan fingerprint density at radius 2 is 2.24 bits per heavy atom. The number of halogens is 1. The van der Waals surface area contributed by atoms with E-state index in [1.165, 1.54) is 0 Å². The first-order valence-electron chi connectivity index (χ1n) is 5.21. The highest BCUT2D eigenvalue weighted by atomic mass is 79.9. The van der Waals surface area contributed by atoms with Crippen molar-refractivity contribution in [2.75, 3.05) is 0 Å². The van der Waals surface area contributed by atoms with Crippen LogP contribution in [0.5, 0.6) is 0 Å². The van der Waals surface area contributed by atoms with Crippen molar-refractivity contribution >= 4 is 21.7 Å². The second-order valence-electron chi connectivity index (χ2n) is 3.94. The Morgan fingerprint density at radius 1 is 1.47 bits per heavy atom. The summed E-state index contributed by atoms with van der Waals surface area (Å²) < 4.78 is 2.57. The molecule has 0 bridgehead atoms. The highest BCUT2D eigenvalue weighted by Crippen LogP contribution is 2.17. The van der Waals surface area contributed by atoms with Gasteiger partial charge in [0.15, 0.2) is 5.78 Å². The lowest BCUT2D eigenvalue weighted by molar-refractivity contribution is 0.0991. The number of carbonyl (C=O) groups is 1. The minimum absolute atomic E-state index is 0.0653. The molecule has 1 aromatic heterocycles. The first-order chi connectivity index (χ1) is 8.06. The van der Waals surface area contributed by atoms with Crippen LogP contribution in [0.4, 0.5) is 0 Å². The van der Waals surface area contributed by atoms with Gasteiger partial charge in [0.2, 0.25) is 0 Å². The summed E-state index contributed by atoms with van der Waals surface area (Å²) in [5.74, 6) is 0.0653. The third-order valence-electron chi connectivity index (χ3n) is 2.48. The second kappa shape index (κ2) is 4.79. The summed E-state index contributed by atoms with van der Waals surface area (Å²) in [5, 5.41) is 7.72. The molecule has 0 fully saturated rings. The number of Topliss-reactive ketones (excluding diaryl/α,β-unsaturated/α-hetero) is 1. The highest BCUT2D eigenvalue weighted by molar-refractivity contribution is 9.10. The Hall–Kier alpha value is -1.49. The number of hydrogen-bond acceptors (Lipinski definition) is 3. The van der Waals surface area contributed by atoms with Crippen molar-refractivity contribution in [3.8, 4) is 0 Å². The van der Waals surface area contributed by atoms with Gasteiger partial charge in [0.1, 0.15) is 0 Å². The van der Waals surface area contributed by atoms with E-state index in [1.807, 2.05) is 25.1 Å². The van der Waals surface area contributed by atoms with Crippen LogP contribution in [0.3, 0.4) is 0 Å². The molecule has 88 valence electrons. The van der Waals surface area contributed by atoms with E-state index in [9.17, 15) is 4.79 Å². The zero-order chi connectivity index (χ0) is 12.4. The van der Waals surface area contributed by atoms with Crippen molar-refractivity contribution in [3.63, 3.8) is 0 Å². The van der Waals surface area contributed by atoms with E-state index in [0.717, 1.165) is 15.6 Å². The maximum absolute atomic E-state index is 12.1. The molecule has 0 amide bonds. The van der Waals surface area contributed by atoms with Gasteiger partial charge in [-0.3, -0.25) is 9.48 Å². The minimum atomic E-state index is 0.0653. The zero-order valence-electron chi connectivity index (χ0n) is 9.64. The topological polar surface area (TPSA) is 47.8 Å². The fourth-order valence-corrected chi connectivity index (χ4v) is 2.15.